The van der Waals surface area contributed by atoms with Crippen LogP contribution >= 0.6 is 11.6 Å². The monoisotopic (exact) mass is 215 g/mol. The third-order valence-corrected chi connectivity index (χ3v) is 2.05. The maximum Gasteiger partial charge on any atom is 0.235 e. The van der Waals surface area contributed by atoms with Gasteiger partial charge in [0.15, 0.2) is 0 Å². The molecule has 0 aromatic heterocycles. The average Bonchev–Trinajstić information content (AvgIpc) is 2.16. The lowest BCUT2D eigenvalue weighted by Gasteiger charge is -2.05. The van der Waals surface area contributed by atoms with Crippen LogP contribution in [0.15, 0.2) is 18.2 Å². The summed E-state index contributed by atoms with van der Waals surface area (Å²) in [5.41, 5.74) is 1.32. The van der Waals surface area contributed by atoms with Crippen LogP contribution in [0, 0.1) is 12.7 Å². The van der Waals surface area contributed by atoms with E-state index in [0.717, 1.165) is 5.56 Å². The fourth-order valence-corrected chi connectivity index (χ4v) is 1.13. The topological polar surface area (TPSA) is 29.1 Å². The predicted octanol–water partition coefficient (Wildman–Crippen LogP) is 1.99. The molecule has 1 amide bonds. The van der Waals surface area contributed by atoms with Crippen molar-refractivity contribution in [1.82, 2.24) is 5.32 Å². The second-order valence-electron chi connectivity index (χ2n) is 3.01. The zero-order valence-electron chi connectivity index (χ0n) is 7.81. The highest BCUT2D eigenvalue weighted by molar-refractivity contribution is 6.27. The van der Waals surface area contributed by atoms with Crippen molar-refractivity contribution in [2.45, 2.75) is 13.5 Å². The van der Waals surface area contributed by atoms with Crippen molar-refractivity contribution in [3.05, 3.63) is 35.1 Å². The number of benzene rings is 1. The largest absolute Gasteiger partial charge is 0.351 e. The van der Waals surface area contributed by atoms with Crippen LogP contribution in [-0.4, -0.2) is 11.8 Å². The molecule has 1 aromatic carbocycles. The molecule has 0 saturated carbocycles. The van der Waals surface area contributed by atoms with Gasteiger partial charge in [-0.25, -0.2) is 4.39 Å². The lowest BCUT2D eigenvalue weighted by molar-refractivity contribution is -0.118. The molecule has 0 aliphatic rings. The van der Waals surface area contributed by atoms with E-state index in [1.54, 1.807) is 12.1 Å². The van der Waals surface area contributed by atoms with E-state index in [0.29, 0.717) is 5.56 Å². The molecule has 0 aliphatic carbocycles. The summed E-state index contributed by atoms with van der Waals surface area (Å²) in [6.45, 7) is 1.99. The van der Waals surface area contributed by atoms with Crippen LogP contribution in [0.3, 0.4) is 0 Å². The number of halogens is 2. The summed E-state index contributed by atoms with van der Waals surface area (Å²) in [5, 5.41) is 2.50. The second-order valence-corrected chi connectivity index (χ2v) is 3.27. The minimum Gasteiger partial charge on any atom is -0.351 e. The van der Waals surface area contributed by atoms with E-state index in [2.05, 4.69) is 5.32 Å². The number of rotatable bonds is 3. The molecule has 2 nitrogen and oxygen atoms in total. The third-order valence-electron chi connectivity index (χ3n) is 1.81. The van der Waals surface area contributed by atoms with Gasteiger partial charge in [-0.05, 0) is 18.6 Å². The molecule has 0 radical (unpaired) electrons. The Balaban J connectivity index is 2.63. The number of aryl methyl sites for hydroxylation is 1. The van der Waals surface area contributed by atoms with Gasteiger partial charge < -0.3 is 5.32 Å². The minimum absolute atomic E-state index is 0.104. The minimum atomic E-state index is -0.306. The first-order valence-electron chi connectivity index (χ1n) is 4.21. The van der Waals surface area contributed by atoms with Crippen molar-refractivity contribution in [2.24, 2.45) is 0 Å². The smallest absolute Gasteiger partial charge is 0.235 e. The van der Waals surface area contributed by atoms with Crippen molar-refractivity contribution in [1.29, 1.82) is 0 Å². The molecule has 0 unspecified atom stereocenters. The number of carbonyl (C=O) groups is 1. The first kappa shape index (κ1) is 11.0. The Morgan fingerprint density at radius 3 is 2.86 bits per heavy atom. The fraction of sp³-hybridized carbons (Fsp3) is 0.300. The summed E-state index contributed by atoms with van der Waals surface area (Å²) in [7, 11) is 0. The van der Waals surface area contributed by atoms with Crippen molar-refractivity contribution in [2.75, 3.05) is 5.88 Å². The standard InChI is InChI=1S/C10H11ClFNO/c1-7-2-3-8(9(12)4-7)6-13-10(14)5-11/h2-4H,5-6H2,1H3,(H,13,14). The predicted molar refractivity (Wildman–Crippen MR) is 53.7 cm³/mol. The molecule has 0 bridgehead atoms. The molecule has 0 atom stereocenters. The van der Waals surface area contributed by atoms with Gasteiger partial charge in [0.05, 0.1) is 0 Å². The molecule has 1 N–H and O–H groups in total. The number of amides is 1. The number of carbonyl (C=O) groups excluding carboxylic acids is 1. The quantitative estimate of drug-likeness (QED) is 0.768. The Kier molecular flexibility index (Phi) is 3.89. The number of hydrogen-bond acceptors (Lipinski definition) is 1. The molecule has 76 valence electrons. The Labute approximate surface area is 87.1 Å². The van der Waals surface area contributed by atoms with E-state index in [1.165, 1.54) is 6.07 Å². The average molecular weight is 216 g/mol. The van der Waals surface area contributed by atoms with E-state index in [9.17, 15) is 9.18 Å². The van der Waals surface area contributed by atoms with Crippen LogP contribution in [-0.2, 0) is 11.3 Å². The van der Waals surface area contributed by atoms with E-state index < -0.39 is 0 Å². The van der Waals surface area contributed by atoms with Crippen LogP contribution in [0.2, 0.25) is 0 Å². The Hall–Kier alpha value is -1.09. The van der Waals surface area contributed by atoms with Crippen LogP contribution in [0.5, 0.6) is 0 Å². The lowest BCUT2D eigenvalue weighted by Crippen LogP contribution is -2.24. The van der Waals surface area contributed by atoms with Gasteiger partial charge in [0.1, 0.15) is 11.7 Å². The zero-order valence-corrected chi connectivity index (χ0v) is 8.57. The molecule has 0 spiro atoms. The molecule has 14 heavy (non-hydrogen) atoms. The van der Waals surface area contributed by atoms with Crippen LogP contribution in [0.25, 0.3) is 0 Å². The van der Waals surface area contributed by atoms with Gasteiger partial charge >= 0.3 is 0 Å². The highest BCUT2D eigenvalue weighted by atomic mass is 35.5. The summed E-state index contributed by atoms with van der Waals surface area (Å²) in [6.07, 6.45) is 0. The van der Waals surface area contributed by atoms with E-state index >= 15 is 0 Å². The van der Waals surface area contributed by atoms with E-state index in [1.807, 2.05) is 6.92 Å². The maximum absolute atomic E-state index is 13.2. The van der Waals surface area contributed by atoms with Crippen LogP contribution in [0.4, 0.5) is 4.39 Å². The fourth-order valence-electron chi connectivity index (χ4n) is 1.04. The molecular weight excluding hydrogens is 205 g/mol. The normalized spacial score (nSPS) is 9.93. The molecule has 0 aliphatic heterocycles. The van der Waals surface area contributed by atoms with Crippen molar-refractivity contribution in [3.63, 3.8) is 0 Å². The van der Waals surface area contributed by atoms with Gasteiger partial charge in [0.2, 0.25) is 5.91 Å². The molecule has 1 rings (SSSR count). The van der Waals surface area contributed by atoms with Gasteiger partial charge in [0, 0.05) is 12.1 Å². The Morgan fingerprint density at radius 1 is 1.57 bits per heavy atom. The molecule has 0 saturated heterocycles. The first-order chi connectivity index (χ1) is 6.63. The summed E-state index contributed by atoms with van der Waals surface area (Å²) in [5.74, 6) is -0.709. The maximum atomic E-state index is 13.2. The SMILES string of the molecule is Cc1ccc(CNC(=O)CCl)c(F)c1. The van der Waals surface area contributed by atoms with E-state index in [-0.39, 0.29) is 24.1 Å². The van der Waals surface area contributed by atoms with Gasteiger partial charge in [-0.2, -0.15) is 0 Å². The summed E-state index contributed by atoms with van der Waals surface area (Å²) in [4.78, 5) is 10.8. The highest BCUT2D eigenvalue weighted by Crippen LogP contribution is 2.09. The summed E-state index contributed by atoms with van der Waals surface area (Å²) < 4.78 is 13.2. The van der Waals surface area contributed by atoms with Crippen LogP contribution < -0.4 is 5.32 Å². The lowest BCUT2D eigenvalue weighted by atomic mass is 10.1. The molecule has 0 heterocycles. The molecular formula is C10H11ClFNO. The number of alkyl halides is 1. The number of hydrogen-bond donors (Lipinski definition) is 1. The van der Waals surface area contributed by atoms with E-state index in [4.69, 9.17) is 11.6 Å². The summed E-state index contributed by atoms with van der Waals surface area (Å²) in [6, 6.07) is 4.88. The van der Waals surface area contributed by atoms with Crippen molar-refractivity contribution < 1.29 is 9.18 Å². The van der Waals surface area contributed by atoms with Gasteiger partial charge in [-0.15, -0.1) is 11.6 Å². The van der Waals surface area contributed by atoms with Gasteiger partial charge in [-0.3, -0.25) is 4.79 Å². The summed E-state index contributed by atoms with van der Waals surface area (Å²) >= 11 is 5.28. The molecule has 4 heteroatoms. The first-order valence-corrected chi connectivity index (χ1v) is 4.74. The number of nitrogens with one attached hydrogen (secondary N) is 1. The molecule has 0 fully saturated rings. The van der Waals surface area contributed by atoms with Crippen molar-refractivity contribution in [3.8, 4) is 0 Å². The van der Waals surface area contributed by atoms with Gasteiger partial charge in [0.25, 0.3) is 0 Å². The third kappa shape index (κ3) is 3.00. The zero-order chi connectivity index (χ0) is 10.6. The molecule has 1 aromatic rings. The van der Waals surface area contributed by atoms with Gasteiger partial charge in [-0.1, -0.05) is 12.1 Å². The second kappa shape index (κ2) is 4.96. The Bertz CT molecular complexity index is 341. The highest BCUT2D eigenvalue weighted by Gasteiger charge is 2.03. The van der Waals surface area contributed by atoms with Crippen molar-refractivity contribution >= 4 is 17.5 Å². The Morgan fingerprint density at radius 2 is 2.29 bits per heavy atom. The van der Waals surface area contributed by atoms with Crippen LogP contribution in [0.1, 0.15) is 11.1 Å².